The van der Waals surface area contributed by atoms with Crippen LogP contribution in [0.3, 0.4) is 0 Å². The lowest BCUT2D eigenvalue weighted by atomic mass is 10.1. The van der Waals surface area contributed by atoms with Crippen LogP contribution in [0.25, 0.3) is 0 Å². The molecule has 1 aliphatic rings. The Hall–Kier alpha value is -2.93. The molecule has 0 unspecified atom stereocenters. The van der Waals surface area contributed by atoms with Crippen molar-refractivity contribution in [2.75, 3.05) is 44.6 Å². The van der Waals surface area contributed by atoms with Gasteiger partial charge in [0.2, 0.25) is 5.91 Å². The molecule has 29 heavy (non-hydrogen) atoms. The molecular formula is C22H26FN3O3. The fraction of sp³-hybridized carbons (Fsp3) is 0.364. The summed E-state index contributed by atoms with van der Waals surface area (Å²) in [5.41, 5.74) is 2.02. The van der Waals surface area contributed by atoms with Gasteiger partial charge in [0.25, 0.3) is 5.91 Å². The van der Waals surface area contributed by atoms with Crippen molar-refractivity contribution in [3.63, 3.8) is 0 Å². The average Bonchev–Trinajstić information content (AvgIpc) is 2.74. The minimum Gasteiger partial charge on any atom is -0.484 e. The highest BCUT2D eigenvalue weighted by Crippen LogP contribution is 2.12. The molecule has 154 valence electrons. The molecule has 1 fully saturated rings. The maximum absolute atomic E-state index is 12.9. The molecule has 2 amide bonds. The van der Waals surface area contributed by atoms with Gasteiger partial charge in [-0.1, -0.05) is 19.1 Å². The van der Waals surface area contributed by atoms with Gasteiger partial charge in [0.05, 0.1) is 6.54 Å². The van der Waals surface area contributed by atoms with Gasteiger partial charge in [0, 0.05) is 31.9 Å². The van der Waals surface area contributed by atoms with Crippen LogP contribution in [0.15, 0.2) is 48.5 Å². The summed E-state index contributed by atoms with van der Waals surface area (Å²) in [4.78, 5) is 28.3. The van der Waals surface area contributed by atoms with Gasteiger partial charge in [-0.3, -0.25) is 14.5 Å². The van der Waals surface area contributed by atoms with Gasteiger partial charge in [-0.25, -0.2) is 4.39 Å². The lowest BCUT2D eigenvalue weighted by Gasteiger charge is -2.34. The van der Waals surface area contributed by atoms with Crippen molar-refractivity contribution < 1.29 is 18.7 Å². The predicted molar refractivity (Wildman–Crippen MR) is 109 cm³/mol. The van der Waals surface area contributed by atoms with Crippen molar-refractivity contribution in [3.05, 3.63) is 59.9 Å². The maximum Gasteiger partial charge on any atom is 0.260 e. The second-order valence-electron chi connectivity index (χ2n) is 7.00. The van der Waals surface area contributed by atoms with Crippen LogP contribution >= 0.6 is 0 Å². The van der Waals surface area contributed by atoms with Crippen LogP contribution in [0.4, 0.5) is 10.1 Å². The highest BCUT2D eigenvalue weighted by atomic mass is 19.1. The van der Waals surface area contributed by atoms with E-state index in [1.54, 1.807) is 4.90 Å². The zero-order valence-electron chi connectivity index (χ0n) is 16.6. The number of nitrogens with zero attached hydrogens (tertiary/aromatic N) is 2. The number of rotatable bonds is 7. The zero-order valence-corrected chi connectivity index (χ0v) is 16.6. The average molecular weight is 399 g/mol. The first-order chi connectivity index (χ1) is 14.0. The quantitative estimate of drug-likeness (QED) is 0.777. The van der Waals surface area contributed by atoms with Gasteiger partial charge in [-0.05, 0) is 48.4 Å². The van der Waals surface area contributed by atoms with Crippen molar-refractivity contribution in [1.29, 1.82) is 0 Å². The van der Waals surface area contributed by atoms with E-state index >= 15 is 0 Å². The summed E-state index contributed by atoms with van der Waals surface area (Å²) in [7, 11) is 0. The van der Waals surface area contributed by atoms with Gasteiger partial charge in [-0.2, -0.15) is 0 Å². The predicted octanol–water partition coefficient (Wildman–Crippen LogP) is 2.55. The number of anilines is 1. The molecule has 1 saturated heterocycles. The molecule has 1 aliphatic heterocycles. The molecule has 0 aliphatic carbocycles. The van der Waals surface area contributed by atoms with Gasteiger partial charge in [0.1, 0.15) is 11.6 Å². The van der Waals surface area contributed by atoms with Crippen LogP contribution in [0.5, 0.6) is 5.75 Å². The van der Waals surface area contributed by atoms with Crippen LogP contribution in [0.1, 0.15) is 12.5 Å². The number of carbonyl (C=O) groups excluding carboxylic acids is 2. The fourth-order valence-electron chi connectivity index (χ4n) is 3.15. The molecule has 2 aromatic rings. The van der Waals surface area contributed by atoms with Gasteiger partial charge in [0.15, 0.2) is 6.61 Å². The van der Waals surface area contributed by atoms with E-state index in [2.05, 4.69) is 12.2 Å². The molecule has 1 heterocycles. The Kier molecular flexibility index (Phi) is 7.19. The molecule has 0 aromatic heterocycles. The molecule has 0 atom stereocenters. The Morgan fingerprint density at radius 2 is 1.66 bits per heavy atom. The Labute approximate surface area is 170 Å². The molecular weight excluding hydrogens is 373 g/mol. The third-order valence-corrected chi connectivity index (χ3v) is 4.91. The summed E-state index contributed by atoms with van der Waals surface area (Å²) in [6.07, 6.45) is 0.964. The second-order valence-corrected chi connectivity index (χ2v) is 7.00. The van der Waals surface area contributed by atoms with Crippen LogP contribution in [-0.2, 0) is 16.0 Å². The van der Waals surface area contributed by atoms with E-state index in [1.807, 2.05) is 29.2 Å². The minimum atomic E-state index is -0.346. The fourth-order valence-corrected chi connectivity index (χ4v) is 3.15. The van der Waals surface area contributed by atoms with E-state index in [4.69, 9.17) is 4.74 Å². The molecule has 6 nitrogen and oxygen atoms in total. The largest absolute Gasteiger partial charge is 0.484 e. The second kappa shape index (κ2) is 10.0. The number of hydrogen-bond donors (Lipinski definition) is 1. The van der Waals surface area contributed by atoms with Crippen LogP contribution in [0, 0.1) is 5.82 Å². The van der Waals surface area contributed by atoms with E-state index in [0.29, 0.717) is 38.5 Å². The van der Waals surface area contributed by atoms with E-state index in [9.17, 15) is 14.0 Å². The third-order valence-electron chi connectivity index (χ3n) is 4.91. The smallest absolute Gasteiger partial charge is 0.260 e. The Bertz CT molecular complexity index is 816. The molecule has 2 aromatic carbocycles. The summed E-state index contributed by atoms with van der Waals surface area (Å²) in [6, 6.07) is 13.4. The number of carbonyl (C=O) groups is 2. The van der Waals surface area contributed by atoms with E-state index in [0.717, 1.165) is 12.1 Å². The number of ether oxygens (including phenoxy) is 1. The highest BCUT2D eigenvalue weighted by molar-refractivity contribution is 5.92. The number of aryl methyl sites for hydroxylation is 1. The number of benzene rings is 2. The van der Waals surface area contributed by atoms with E-state index < -0.39 is 0 Å². The summed E-state index contributed by atoms with van der Waals surface area (Å²) in [6.45, 7) is 4.65. The SMILES string of the molecule is CCc1ccc(NC(=O)CN2CCN(C(=O)COc3ccc(F)cc3)CC2)cc1. The summed E-state index contributed by atoms with van der Waals surface area (Å²) in [5, 5.41) is 2.91. The minimum absolute atomic E-state index is 0.0614. The van der Waals surface area contributed by atoms with E-state index in [-0.39, 0.29) is 24.2 Å². The monoisotopic (exact) mass is 399 g/mol. The number of halogens is 1. The highest BCUT2D eigenvalue weighted by Gasteiger charge is 2.22. The van der Waals surface area contributed by atoms with Crippen molar-refractivity contribution >= 4 is 17.5 Å². The standard InChI is InChI=1S/C22H26FN3O3/c1-2-17-3-7-19(8-4-17)24-21(27)15-25-11-13-26(14-12-25)22(28)16-29-20-9-5-18(23)6-10-20/h3-10H,2,11-16H2,1H3,(H,24,27). The number of amides is 2. The first-order valence-corrected chi connectivity index (χ1v) is 9.81. The van der Waals surface area contributed by atoms with Gasteiger partial charge in [-0.15, -0.1) is 0 Å². The third kappa shape index (κ3) is 6.29. The van der Waals surface area contributed by atoms with Crippen LogP contribution < -0.4 is 10.1 Å². The number of piperazine rings is 1. The molecule has 0 bridgehead atoms. The van der Waals surface area contributed by atoms with E-state index in [1.165, 1.54) is 29.8 Å². The normalized spacial score (nSPS) is 14.5. The first-order valence-electron chi connectivity index (χ1n) is 9.81. The molecule has 0 radical (unpaired) electrons. The zero-order chi connectivity index (χ0) is 20.6. The summed E-state index contributed by atoms with van der Waals surface area (Å²) < 4.78 is 18.3. The molecule has 0 spiro atoms. The molecule has 7 heteroatoms. The van der Waals surface area contributed by atoms with Gasteiger partial charge < -0.3 is 15.0 Å². The maximum atomic E-state index is 12.9. The molecule has 1 N–H and O–H groups in total. The topological polar surface area (TPSA) is 61.9 Å². The first kappa shape index (κ1) is 20.8. The molecule has 3 rings (SSSR count). The van der Waals surface area contributed by atoms with Crippen molar-refractivity contribution in [3.8, 4) is 5.75 Å². The van der Waals surface area contributed by atoms with Crippen LogP contribution in [0.2, 0.25) is 0 Å². The Balaban J connectivity index is 1.38. The van der Waals surface area contributed by atoms with Gasteiger partial charge >= 0.3 is 0 Å². The number of hydrogen-bond acceptors (Lipinski definition) is 4. The summed E-state index contributed by atoms with van der Waals surface area (Å²) >= 11 is 0. The lowest BCUT2D eigenvalue weighted by Crippen LogP contribution is -2.51. The number of nitrogens with one attached hydrogen (secondary N) is 1. The summed E-state index contributed by atoms with van der Waals surface area (Å²) in [5.74, 6) is -0.0630. The van der Waals surface area contributed by atoms with Crippen molar-refractivity contribution in [1.82, 2.24) is 9.80 Å². The Morgan fingerprint density at radius 3 is 2.28 bits per heavy atom. The lowest BCUT2D eigenvalue weighted by molar-refractivity contribution is -0.135. The van der Waals surface area contributed by atoms with Crippen molar-refractivity contribution in [2.24, 2.45) is 0 Å². The Morgan fingerprint density at radius 1 is 1.00 bits per heavy atom. The van der Waals surface area contributed by atoms with Crippen LogP contribution in [-0.4, -0.2) is 60.9 Å². The molecule has 0 saturated carbocycles. The van der Waals surface area contributed by atoms with Crippen molar-refractivity contribution in [2.45, 2.75) is 13.3 Å².